The Balaban J connectivity index is 2.50. The van der Waals surface area contributed by atoms with E-state index in [0.717, 1.165) is 5.56 Å². The van der Waals surface area contributed by atoms with Crippen molar-refractivity contribution < 1.29 is 19.4 Å². The molecule has 0 radical (unpaired) electrons. The van der Waals surface area contributed by atoms with Crippen LogP contribution in [0.25, 0.3) is 0 Å². The zero-order valence-corrected chi connectivity index (χ0v) is 11.6. The van der Waals surface area contributed by atoms with E-state index in [9.17, 15) is 4.79 Å². The quantitative estimate of drug-likeness (QED) is 0.780. The summed E-state index contributed by atoms with van der Waals surface area (Å²) in [6, 6.07) is 5.45. The Kier molecular flexibility index (Phi) is 6.15. The maximum absolute atomic E-state index is 11.6. The average molecular weight is 267 g/mol. The molecule has 0 aromatic heterocycles. The molecule has 2 N–H and O–H groups in total. The lowest BCUT2D eigenvalue weighted by atomic mass is 10.2. The molecule has 1 amide bonds. The molecule has 0 saturated carbocycles. The number of amides is 1. The molecular formula is C14H21NO4. The first-order valence-corrected chi connectivity index (χ1v) is 6.24. The summed E-state index contributed by atoms with van der Waals surface area (Å²) >= 11 is 0. The Labute approximate surface area is 113 Å². The molecule has 5 heteroatoms. The zero-order valence-electron chi connectivity index (χ0n) is 11.6. The van der Waals surface area contributed by atoms with Gasteiger partial charge in [-0.25, -0.2) is 0 Å². The zero-order chi connectivity index (χ0) is 14.3. The fraction of sp³-hybridized carbons (Fsp3) is 0.500. The van der Waals surface area contributed by atoms with Crippen LogP contribution in [-0.4, -0.2) is 37.4 Å². The van der Waals surface area contributed by atoms with Gasteiger partial charge in [0.2, 0.25) is 0 Å². The van der Waals surface area contributed by atoms with Crippen molar-refractivity contribution in [2.45, 2.75) is 26.3 Å². The Morgan fingerprint density at radius 2 is 2.16 bits per heavy atom. The van der Waals surface area contributed by atoms with E-state index in [0.29, 0.717) is 17.9 Å². The molecule has 106 valence electrons. The average Bonchev–Trinajstić information content (AvgIpc) is 2.37. The SMILES string of the molecule is COc1cc(C)ccc1OCC(=O)NC(C)CCO. The number of hydrogen-bond acceptors (Lipinski definition) is 4. The summed E-state index contributed by atoms with van der Waals surface area (Å²) in [5.41, 5.74) is 1.06. The largest absolute Gasteiger partial charge is 0.493 e. The summed E-state index contributed by atoms with van der Waals surface area (Å²) in [5, 5.41) is 11.5. The molecule has 19 heavy (non-hydrogen) atoms. The molecule has 0 saturated heterocycles. The molecule has 5 nitrogen and oxygen atoms in total. The van der Waals surface area contributed by atoms with Gasteiger partial charge in [-0.3, -0.25) is 4.79 Å². The standard InChI is InChI=1S/C14H21NO4/c1-10-4-5-12(13(8-10)18-3)19-9-14(17)15-11(2)6-7-16/h4-5,8,11,16H,6-7,9H2,1-3H3,(H,15,17). The number of aliphatic hydroxyl groups excluding tert-OH is 1. The minimum atomic E-state index is -0.219. The summed E-state index contributed by atoms with van der Waals surface area (Å²) in [7, 11) is 1.56. The van der Waals surface area contributed by atoms with E-state index in [1.54, 1.807) is 13.2 Å². The van der Waals surface area contributed by atoms with Gasteiger partial charge in [0.15, 0.2) is 18.1 Å². The van der Waals surface area contributed by atoms with Crippen molar-refractivity contribution in [1.82, 2.24) is 5.32 Å². The third kappa shape index (κ3) is 5.18. The van der Waals surface area contributed by atoms with Gasteiger partial charge in [-0.15, -0.1) is 0 Å². The number of carbonyl (C=O) groups is 1. The second kappa shape index (κ2) is 7.63. The van der Waals surface area contributed by atoms with Crippen LogP contribution >= 0.6 is 0 Å². The molecule has 0 heterocycles. The molecule has 0 spiro atoms. The van der Waals surface area contributed by atoms with E-state index in [2.05, 4.69) is 5.32 Å². The first kappa shape index (κ1) is 15.3. The van der Waals surface area contributed by atoms with Gasteiger partial charge in [0.25, 0.3) is 5.91 Å². The van der Waals surface area contributed by atoms with E-state index in [1.807, 2.05) is 26.0 Å². The van der Waals surface area contributed by atoms with E-state index >= 15 is 0 Å². The van der Waals surface area contributed by atoms with Crippen LogP contribution in [0.15, 0.2) is 18.2 Å². The number of methoxy groups -OCH3 is 1. The monoisotopic (exact) mass is 267 g/mol. The van der Waals surface area contributed by atoms with Crippen LogP contribution in [0.5, 0.6) is 11.5 Å². The molecule has 0 bridgehead atoms. The van der Waals surface area contributed by atoms with Crippen LogP contribution < -0.4 is 14.8 Å². The van der Waals surface area contributed by atoms with Gasteiger partial charge in [-0.2, -0.15) is 0 Å². The smallest absolute Gasteiger partial charge is 0.258 e. The molecule has 1 rings (SSSR count). The maximum atomic E-state index is 11.6. The van der Waals surface area contributed by atoms with Crippen molar-refractivity contribution >= 4 is 5.91 Å². The van der Waals surface area contributed by atoms with Crippen LogP contribution in [0.1, 0.15) is 18.9 Å². The van der Waals surface area contributed by atoms with Gasteiger partial charge in [-0.05, 0) is 38.0 Å². The minimum absolute atomic E-state index is 0.0497. The minimum Gasteiger partial charge on any atom is -0.493 e. The van der Waals surface area contributed by atoms with Gasteiger partial charge < -0.3 is 19.9 Å². The molecule has 0 aliphatic carbocycles. The highest BCUT2D eigenvalue weighted by Gasteiger charge is 2.10. The highest BCUT2D eigenvalue weighted by Crippen LogP contribution is 2.27. The summed E-state index contributed by atoms with van der Waals surface area (Å²) in [6.45, 7) is 3.76. The third-order valence-electron chi connectivity index (χ3n) is 2.65. The van der Waals surface area contributed by atoms with Gasteiger partial charge >= 0.3 is 0 Å². The molecule has 1 aromatic carbocycles. The maximum Gasteiger partial charge on any atom is 0.258 e. The highest BCUT2D eigenvalue weighted by atomic mass is 16.5. The number of nitrogens with one attached hydrogen (secondary N) is 1. The van der Waals surface area contributed by atoms with Crippen LogP contribution in [0.4, 0.5) is 0 Å². The van der Waals surface area contributed by atoms with Gasteiger partial charge in [0.1, 0.15) is 0 Å². The van der Waals surface area contributed by atoms with Crippen LogP contribution in [0.2, 0.25) is 0 Å². The van der Waals surface area contributed by atoms with Crippen molar-refractivity contribution in [3.05, 3.63) is 23.8 Å². The van der Waals surface area contributed by atoms with E-state index in [1.165, 1.54) is 0 Å². The van der Waals surface area contributed by atoms with Crippen LogP contribution in [0.3, 0.4) is 0 Å². The predicted octanol–water partition coefficient (Wildman–Crippen LogP) is 1.27. The number of ether oxygens (including phenoxy) is 2. The first-order valence-electron chi connectivity index (χ1n) is 6.24. The Bertz CT molecular complexity index is 420. The molecule has 1 atom stereocenters. The second-order valence-corrected chi connectivity index (χ2v) is 4.42. The highest BCUT2D eigenvalue weighted by molar-refractivity contribution is 5.77. The second-order valence-electron chi connectivity index (χ2n) is 4.42. The van der Waals surface area contributed by atoms with Crippen molar-refractivity contribution in [3.8, 4) is 11.5 Å². The normalized spacial score (nSPS) is 11.8. The number of carbonyl (C=O) groups excluding carboxylic acids is 1. The fourth-order valence-corrected chi connectivity index (χ4v) is 1.62. The van der Waals surface area contributed by atoms with E-state index < -0.39 is 0 Å². The number of rotatable bonds is 7. The van der Waals surface area contributed by atoms with Gasteiger partial charge in [-0.1, -0.05) is 6.07 Å². The summed E-state index contributed by atoms with van der Waals surface area (Å²) in [5.74, 6) is 0.929. The van der Waals surface area contributed by atoms with Crippen molar-refractivity contribution in [1.29, 1.82) is 0 Å². The molecule has 0 aliphatic heterocycles. The molecule has 1 unspecified atom stereocenters. The molecule has 0 aliphatic rings. The fourth-order valence-electron chi connectivity index (χ4n) is 1.62. The molecular weight excluding hydrogens is 246 g/mol. The summed E-state index contributed by atoms with van der Waals surface area (Å²) in [6.07, 6.45) is 0.527. The van der Waals surface area contributed by atoms with Gasteiger partial charge in [0.05, 0.1) is 7.11 Å². The topological polar surface area (TPSA) is 67.8 Å². The Morgan fingerprint density at radius 1 is 1.42 bits per heavy atom. The number of aryl methyl sites for hydroxylation is 1. The molecule has 1 aromatic rings. The lowest BCUT2D eigenvalue weighted by molar-refractivity contribution is -0.123. The Hall–Kier alpha value is -1.75. The Morgan fingerprint density at radius 3 is 2.79 bits per heavy atom. The number of hydrogen-bond donors (Lipinski definition) is 2. The van der Waals surface area contributed by atoms with E-state index in [4.69, 9.17) is 14.6 Å². The van der Waals surface area contributed by atoms with Crippen molar-refractivity contribution in [2.75, 3.05) is 20.3 Å². The lowest BCUT2D eigenvalue weighted by Crippen LogP contribution is -2.36. The lowest BCUT2D eigenvalue weighted by Gasteiger charge is -2.14. The molecule has 0 fully saturated rings. The summed E-state index contributed by atoms with van der Waals surface area (Å²) in [4.78, 5) is 11.6. The predicted molar refractivity (Wildman–Crippen MR) is 72.5 cm³/mol. The number of aliphatic hydroxyl groups is 1. The summed E-state index contributed by atoms with van der Waals surface area (Å²) < 4.78 is 10.6. The van der Waals surface area contributed by atoms with Crippen molar-refractivity contribution in [2.24, 2.45) is 0 Å². The van der Waals surface area contributed by atoms with Crippen LogP contribution in [-0.2, 0) is 4.79 Å². The number of benzene rings is 1. The van der Waals surface area contributed by atoms with Crippen LogP contribution in [0, 0.1) is 6.92 Å². The van der Waals surface area contributed by atoms with Crippen molar-refractivity contribution in [3.63, 3.8) is 0 Å². The van der Waals surface area contributed by atoms with Gasteiger partial charge in [0, 0.05) is 12.6 Å². The first-order chi connectivity index (χ1) is 9.06. The third-order valence-corrected chi connectivity index (χ3v) is 2.65. The van der Waals surface area contributed by atoms with E-state index in [-0.39, 0.29) is 25.2 Å².